The number of esters is 1. The van der Waals surface area contributed by atoms with Crippen molar-refractivity contribution in [2.75, 3.05) is 20.2 Å². The number of ether oxygens (including phenoxy) is 1. The number of benzene rings is 6. The minimum atomic E-state index is -0.815. The van der Waals surface area contributed by atoms with Crippen molar-refractivity contribution >= 4 is 45.8 Å². The van der Waals surface area contributed by atoms with E-state index in [1.807, 2.05) is 86.7 Å². The monoisotopic (exact) mass is 1130 g/mol. The summed E-state index contributed by atoms with van der Waals surface area (Å²) in [6.07, 6.45) is 2.69. The Morgan fingerprint density at radius 3 is 1.24 bits per heavy atom. The Hall–Kier alpha value is -8.00. The van der Waals surface area contributed by atoms with Gasteiger partial charge < -0.3 is 19.6 Å². The number of carboxylic acid groups (broad SMARTS) is 1. The summed E-state index contributed by atoms with van der Waals surface area (Å²) in [4.78, 5) is 57.4. The van der Waals surface area contributed by atoms with E-state index in [2.05, 4.69) is 123 Å². The molecule has 0 fully saturated rings. The number of aryl methyl sites for hydroxylation is 8. The van der Waals surface area contributed by atoms with Crippen molar-refractivity contribution in [2.24, 2.45) is 11.8 Å². The number of carboxylic acids is 1. The van der Waals surface area contributed by atoms with E-state index in [4.69, 9.17) is 4.74 Å². The van der Waals surface area contributed by atoms with Crippen LogP contribution in [-0.4, -0.2) is 88.8 Å². The fourth-order valence-electron chi connectivity index (χ4n) is 13.3. The minimum absolute atomic E-state index is 0. The smallest absolute Gasteiger partial charge is 0.309 e. The number of hydrogen-bond acceptors (Lipinski definition) is 9. The van der Waals surface area contributed by atoms with Gasteiger partial charge in [-0.3, -0.25) is 19.2 Å². The summed E-state index contributed by atoms with van der Waals surface area (Å²) >= 11 is 0. The molecule has 4 atom stereocenters. The number of rotatable bonds is 14. The molecule has 4 heterocycles. The summed E-state index contributed by atoms with van der Waals surface area (Å²) in [7, 11) is 1.46. The SMILES string of the molecule is C.CCC(C(=O)O)[C@@H](c1ccc2c(c1)CN(C(=O)c1c(C)c(C)cc(C)c1C)CC2)c1ccc2c(nnn2CC)c1C.CCC(C(=O)OC)[C@@H](c1ccc2c(c1)CN(C(=O)c1c(C)c(C)cc(C)c1C)CC2)c1ccc2c(nnn2CC)c1C. The summed E-state index contributed by atoms with van der Waals surface area (Å²) in [6.45, 7) is 32.4. The molecule has 1 N–H and O–H groups in total. The molecule has 2 aliphatic rings. The predicted octanol–water partition coefficient (Wildman–Crippen LogP) is 13.6. The maximum Gasteiger partial charge on any atom is 0.309 e. The van der Waals surface area contributed by atoms with Crippen molar-refractivity contribution in [3.05, 3.63) is 184 Å². The largest absolute Gasteiger partial charge is 0.481 e. The molecule has 84 heavy (non-hydrogen) atoms. The van der Waals surface area contributed by atoms with Crippen LogP contribution in [0.25, 0.3) is 22.1 Å². The third-order valence-electron chi connectivity index (χ3n) is 18.7. The number of methoxy groups -OCH3 is 1. The standard InChI is InChI=1S/C35H42N4O3.C34H40N4O3.CH4/c1-9-28(35(41)42-8)32(29-13-14-30-33(24(29)7)36-37-39(30)10-2)26-12-11-25-15-16-38(19-27(25)18-26)34(40)31-22(5)20(3)17-21(4)23(31)6;1-8-27(34(40)41)31(28-12-13-29-32(23(28)7)35-36-38(29)9-2)25-11-10-24-14-15-37(18-26(24)17-25)33(39)30-21(5)19(3)16-20(4)22(30)6;/h11-14,17-18,28,32H,9-10,15-16,19H2,1-8H3;10-13,16-17,27,31H,8-9,14-15,18H2,1-7H3,(H,40,41);1H4/t28?,32-;27?,31-;/m11./s1. The molecule has 0 aliphatic carbocycles. The van der Waals surface area contributed by atoms with Gasteiger partial charge in [0.1, 0.15) is 11.0 Å². The van der Waals surface area contributed by atoms with Gasteiger partial charge in [0.15, 0.2) is 0 Å². The van der Waals surface area contributed by atoms with Crippen LogP contribution in [-0.2, 0) is 53.3 Å². The predicted molar refractivity (Wildman–Crippen MR) is 334 cm³/mol. The zero-order chi connectivity index (χ0) is 59.9. The number of fused-ring (bicyclic) bond motifs is 4. The molecule has 2 aliphatic heterocycles. The highest BCUT2D eigenvalue weighted by Gasteiger charge is 2.36. The molecule has 0 radical (unpaired) electrons. The Kier molecular flexibility index (Phi) is 18.8. The third-order valence-corrected chi connectivity index (χ3v) is 18.7. The molecule has 0 bridgehead atoms. The van der Waals surface area contributed by atoms with E-state index in [0.29, 0.717) is 45.6 Å². The van der Waals surface area contributed by atoms with Gasteiger partial charge in [-0.2, -0.15) is 0 Å². The Bertz CT molecular complexity index is 3800. The summed E-state index contributed by atoms with van der Waals surface area (Å²) < 4.78 is 9.06. The molecule has 14 heteroatoms. The highest BCUT2D eigenvalue weighted by atomic mass is 16.5. The molecule has 442 valence electrons. The van der Waals surface area contributed by atoms with E-state index < -0.39 is 11.9 Å². The van der Waals surface area contributed by atoms with Crippen molar-refractivity contribution < 1.29 is 29.0 Å². The number of amides is 2. The van der Waals surface area contributed by atoms with Crippen molar-refractivity contribution in [1.82, 2.24) is 39.8 Å². The lowest BCUT2D eigenvalue weighted by Crippen LogP contribution is -2.37. The second-order valence-electron chi connectivity index (χ2n) is 23.2. The average Bonchev–Trinajstić information content (AvgIpc) is 2.66. The first-order valence-corrected chi connectivity index (χ1v) is 29.6. The minimum Gasteiger partial charge on any atom is -0.481 e. The average molecular weight is 1140 g/mol. The quantitative estimate of drug-likeness (QED) is 0.104. The van der Waals surface area contributed by atoms with Crippen LogP contribution >= 0.6 is 0 Å². The normalized spacial score (nSPS) is 14.4. The molecule has 0 saturated heterocycles. The van der Waals surface area contributed by atoms with E-state index in [-0.39, 0.29) is 43.0 Å². The molecule has 2 aromatic heterocycles. The maximum absolute atomic E-state index is 13.9. The number of aliphatic carboxylic acids is 1. The summed E-state index contributed by atoms with van der Waals surface area (Å²) in [5.74, 6) is -2.44. The lowest BCUT2D eigenvalue weighted by Gasteiger charge is -2.32. The van der Waals surface area contributed by atoms with E-state index in [1.54, 1.807) is 0 Å². The van der Waals surface area contributed by atoms with Crippen molar-refractivity contribution in [1.29, 1.82) is 0 Å². The van der Waals surface area contributed by atoms with Crippen molar-refractivity contribution in [3.63, 3.8) is 0 Å². The Labute approximate surface area is 496 Å². The molecule has 6 aromatic carbocycles. The van der Waals surface area contributed by atoms with Crippen LogP contribution in [0.5, 0.6) is 0 Å². The summed E-state index contributed by atoms with van der Waals surface area (Å²) in [5.41, 5.74) is 24.6. The maximum atomic E-state index is 13.9. The van der Waals surface area contributed by atoms with E-state index in [1.165, 1.54) is 18.2 Å². The second-order valence-corrected chi connectivity index (χ2v) is 23.2. The van der Waals surface area contributed by atoms with Gasteiger partial charge in [0.2, 0.25) is 0 Å². The Balaban J connectivity index is 0.000000217. The lowest BCUT2D eigenvalue weighted by atomic mass is 9.76. The second kappa shape index (κ2) is 25.5. The van der Waals surface area contributed by atoms with Crippen LogP contribution in [0.15, 0.2) is 72.8 Å². The number of carbonyl (C=O) groups excluding carboxylic acids is 3. The molecule has 2 amide bonds. The first kappa shape index (κ1) is 62.1. The zero-order valence-electron chi connectivity index (χ0n) is 51.4. The molecule has 0 saturated carbocycles. The van der Waals surface area contributed by atoms with Gasteiger partial charge in [-0.1, -0.05) is 92.4 Å². The topological polar surface area (TPSA) is 166 Å². The highest BCUT2D eigenvalue weighted by Crippen LogP contribution is 2.42. The fourth-order valence-corrected chi connectivity index (χ4v) is 13.3. The molecule has 14 nitrogen and oxygen atoms in total. The number of aromatic nitrogens is 6. The first-order chi connectivity index (χ1) is 39.7. The van der Waals surface area contributed by atoms with Crippen LogP contribution in [0.3, 0.4) is 0 Å². The van der Waals surface area contributed by atoms with Crippen molar-refractivity contribution in [3.8, 4) is 0 Å². The van der Waals surface area contributed by atoms with Gasteiger partial charge in [0.05, 0.1) is 30.0 Å². The summed E-state index contributed by atoms with van der Waals surface area (Å²) in [6, 6.07) is 25.4. The fraction of sp³-hybridized carbons (Fsp3) is 0.429. The van der Waals surface area contributed by atoms with Gasteiger partial charge in [-0.05, 0) is 221 Å². The Morgan fingerprint density at radius 1 is 0.512 bits per heavy atom. The lowest BCUT2D eigenvalue weighted by molar-refractivity contribution is -0.146. The van der Waals surface area contributed by atoms with E-state index in [0.717, 1.165) is 142 Å². The molecule has 10 rings (SSSR count). The number of nitrogens with zero attached hydrogens (tertiary/aromatic N) is 8. The number of carbonyl (C=O) groups is 4. The molecule has 0 spiro atoms. The molecular weight excluding hydrogens is 1050 g/mol. The van der Waals surface area contributed by atoms with Gasteiger partial charge in [-0.25, -0.2) is 9.36 Å². The molecule has 2 unspecified atom stereocenters. The number of hydrogen-bond donors (Lipinski definition) is 1. The van der Waals surface area contributed by atoms with Gasteiger partial charge in [-0.15, -0.1) is 10.2 Å². The van der Waals surface area contributed by atoms with Crippen LogP contribution in [0.2, 0.25) is 0 Å². The van der Waals surface area contributed by atoms with Crippen LogP contribution in [0.4, 0.5) is 0 Å². The van der Waals surface area contributed by atoms with Gasteiger partial charge >= 0.3 is 11.9 Å². The molecular formula is C70H86N8O6. The zero-order valence-corrected chi connectivity index (χ0v) is 51.4. The Morgan fingerprint density at radius 2 is 0.893 bits per heavy atom. The summed E-state index contributed by atoms with van der Waals surface area (Å²) in [5, 5.41) is 27.8. The first-order valence-electron chi connectivity index (χ1n) is 29.6. The highest BCUT2D eigenvalue weighted by molar-refractivity contribution is 5.99. The van der Waals surface area contributed by atoms with Crippen molar-refractivity contribution in [2.45, 2.75) is 168 Å². The molecule has 8 aromatic rings. The van der Waals surface area contributed by atoms with Crippen LogP contribution in [0, 0.1) is 81.1 Å². The van der Waals surface area contributed by atoms with Crippen LogP contribution < -0.4 is 0 Å². The third kappa shape index (κ3) is 11.4. The van der Waals surface area contributed by atoms with E-state index >= 15 is 0 Å². The van der Waals surface area contributed by atoms with Crippen LogP contribution in [0.1, 0.15) is 181 Å². The van der Waals surface area contributed by atoms with Gasteiger partial charge in [0, 0.05) is 62.2 Å². The van der Waals surface area contributed by atoms with E-state index in [9.17, 15) is 24.3 Å². The van der Waals surface area contributed by atoms with Gasteiger partial charge in [0.25, 0.3) is 11.8 Å².